The molecule has 196 valence electrons. The van der Waals surface area contributed by atoms with Gasteiger partial charge in [-0.2, -0.15) is 5.26 Å². The number of benzene rings is 3. The van der Waals surface area contributed by atoms with E-state index in [1.54, 1.807) is 72.8 Å². The maximum atomic E-state index is 14.0. The fourth-order valence-corrected chi connectivity index (χ4v) is 4.67. The normalized spacial score (nSPS) is 10.8. The summed E-state index contributed by atoms with van der Waals surface area (Å²) in [6.07, 6.45) is 0. The number of hydrogen-bond acceptors (Lipinski definition) is 6. The van der Waals surface area contributed by atoms with Gasteiger partial charge in [-0.05, 0) is 42.3 Å². The number of amides is 2. The summed E-state index contributed by atoms with van der Waals surface area (Å²) in [4.78, 5) is 59.8. The molecule has 0 spiro atoms. The highest BCUT2D eigenvalue weighted by atomic mass is 16.2. The molecule has 0 fully saturated rings. The Balaban J connectivity index is 1.97. The van der Waals surface area contributed by atoms with E-state index in [1.807, 2.05) is 19.1 Å². The average Bonchev–Trinajstić information content (AvgIpc) is 2.99. The molecule has 0 aliphatic heterocycles. The zero-order chi connectivity index (χ0) is 28.6. The van der Waals surface area contributed by atoms with Gasteiger partial charge in [-0.3, -0.25) is 23.5 Å². The molecule has 40 heavy (non-hydrogen) atoms. The minimum Gasteiger partial charge on any atom is -0.280 e. The van der Waals surface area contributed by atoms with E-state index in [4.69, 9.17) is 0 Å². The molecule has 5 rings (SSSR count). The molecule has 0 radical (unpaired) electrons. The Morgan fingerprint density at radius 3 is 1.85 bits per heavy atom. The predicted molar refractivity (Wildman–Crippen MR) is 151 cm³/mol. The Morgan fingerprint density at radius 2 is 1.32 bits per heavy atom. The number of pyridine rings is 1. The number of hydrogen-bond donors (Lipinski definition) is 0. The second-order valence-corrected chi connectivity index (χ2v) is 9.19. The van der Waals surface area contributed by atoms with Crippen LogP contribution in [0.3, 0.4) is 0 Å². The quantitative estimate of drug-likeness (QED) is 0.325. The molecule has 0 unspecified atom stereocenters. The van der Waals surface area contributed by atoms with Gasteiger partial charge in [0.1, 0.15) is 11.6 Å². The molecule has 2 amide bonds. The lowest BCUT2D eigenvalue weighted by atomic mass is 9.94. The van der Waals surface area contributed by atoms with E-state index in [0.717, 1.165) is 15.0 Å². The van der Waals surface area contributed by atoms with Crippen LogP contribution in [0.15, 0.2) is 94.5 Å². The molecular formula is C31H23N5O4. The lowest BCUT2D eigenvalue weighted by Crippen LogP contribution is -2.40. The van der Waals surface area contributed by atoms with Crippen molar-refractivity contribution in [1.29, 1.82) is 5.26 Å². The highest BCUT2D eigenvalue weighted by molar-refractivity contribution is 6.26. The van der Waals surface area contributed by atoms with Crippen molar-refractivity contribution in [3.63, 3.8) is 0 Å². The lowest BCUT2D eigenvalue weighted by molar-refractivity contribution is 0.0896. The summed E-state index contributed by atoms with van der Waals surface area (Å²) in [7, 11) is 2.78. The molecule has 2 heterocycles. The number of nitrogens with zero attached hydrogens (tertiary/aromatic N) is 5. The van der Waals surface area contributed by atoms with Gasteiger partial charge in [0, 0.05) is 30.8 Å². The predicted octanol–water partition coefficient (Wildman–Crippen LogP) is 3.97. The first kappa shape index (κ1) is 26.0. The van der Waals surface area contributed by atoms with Crippen LogP contribution < -0.4 is 16.1 Å². The second kappa shape index (κ2) is 10.3. The van der Waals surface area contributed by atoms with Crippen molar-refractivity contribution in [2.45, 2.75) is 6.92 Å². The van der Waals surface area contributed by atoms with Gasteiger partial charge in [-0.15, -0.1) is 0 Å². The fourth-order valence-electron chi connectivity index (χ4n) is 4.67. The van der Waals surface area contributed by atoms with Crippen LogP contribution in [0.25, 0.3) is 22.2 Å². The summed E-state index contributed by atoms with van der Waals surface area (Å²) in [5.74, 6) is -1.72. The maximum Gasteiger partial charge on any atom is 0.332 e. The van der Waals surface area contributed by atoms with Crippen molar-refractivity contribution < 1.29 is 9.59 Å². The molecule has 0 bridgehead atoms. The van der Waals surface area contributed by atoms with E-state index >= 15 is 0 Å². The molecule has 3 aromatic carbocycles. The van der Waals surface area contributed by atoms with Crippen molar-refractivity contribution in [1.82, 2.24) is 14.1 Å². The van der Waals surface area contributed by atoms with E-state index < -0.39 is 23.1 Å². The molecule has 0 atom stereocenters. The van der Waals surface area contributed by atoms with E-state index in [-0.39, 0.29) is 39.1 Å². The summed E-state index contributed by atoms with van der Waals surface area (Å²) in [5, 5.41) is 10.6. The Labute approximate surface area is 228 Å². The monoisotopic (exact) mass is 529 g/mol. The van der Waals surface area contributed by atoms with Crippen LogP contribution in [0.4, 0.5) is 5.82 Å². The Hall–Kier alpha value is -5.62. The van der Waals surface area contributed by atoms with Crippen molar-refractivity contribution in [2.24, 2.45) is 14.1 Å². The first-order valence-corrected chi connectivity index (χ1v) is 12.3. The maximum absolute atomic E-state index is 14.0. The number of nitriles is 1. The highest BCUT2D eigenvalue weighted by Gasteiger charge is 2.33. The smallest absolute Gasteiger partial charge is 0.280 e. The molecular weight excluding hydrogens is 506 g/mol. The molecule has 0 saturated carbocycles. The van der Waals surface area contributed by atoms with Gasteiger partial charge >= 0.3 is 5.69 Å². The average molecular weight is 530 g/mol. The zero-order valence-electron chi connectivity index (χ0n) is 22.0. The number of anilines is 1. The zero-order valence-corrected chi connectivity index (χ0v) is 22.0. The van der Waals surface area contributed by atoms with E-state index in [1.165, 1.54) is 18.7 Å². The van der Waals surface area contributed by atoms with Gasteiger partial charge in [0.15, 0.2) is 11.5 Å². The molecule has 0 aliphatic rings. The van der Waals surface area contributed by atoms with Gasteiger partial charge < -0.3 is 0 Å². The Bertz CT molecular complexity index is 1920. The van der Waals surface area contributed by atoms with Gasteiger partial charge in [-0.1, -0.05) is 60.7 Å². The lowest BCUT2D eigenvalue weighted by Gasteiger charge is -2.24. The number of rotatable bonds is 4. The summed E-state index contributed by atoms with van der Waals surface area (Å²) in [5.41, 5.74) is 0.322. The topological polar surface area (TPSA) is 118 Å². The highest BCUT2D eigenvalue weighted by Crippen LogP contribution is 2.37. The van der Waals surface area contributed by atoms with E-state index in [9.17, 15) is 24.4 Å². The number of carbonyl (C=O) groups excluding carboxylic acids is 2. The van der Waals surface area contributed by atoms with Crippen molar-refractivity contribution >= 4 is 28.7 Å². The largest absolute Gasteiger partial charge is 0.332 e. The molecule has 0 aliphatic carbocycles. The van der Waals surface area contributed by atoms with E-state index in [2.05, 4.69) is 11.1 Å². The molecule has 0 saturated heterocycles. The SMILES string of the molecule is Cc1ccccc1-c1c(C#N)c(N(C(=O)c2ccccc2)C(=O)c2ccccc2)nc2c1c(=O)n(C)c(=O)n2C. The fraction of sp³-hybridized carbons (Fsp3) is 0.0968. The van der Waals surface area contributed by atoms with Crippen LogP contribution in [0.1, 0.15) is 31.8 Å². The van der Waals surface area contributed by atoms with Gasteiger partial charge in [0.25, 0.3) is 17.4 Å². The minimum atomic E-state index is -0.720. The first-order chi connectivity index (χ1) is 19.3. The van der Waals surface area contributed by atoms with Crippen LogP contribution in [0, 0.1) is 18.3 Å². The molecule has 5 aromatic rings. The number of fused-ring (bicyclic) bond motifs is 1. The van der Waals surface area contributed by atoms with Crippen LogP contribution in [0.5, 0.6) is 0 Å². The number of aryl methyl sites for hydroxylation is 2. The third-order valence-electron chi connectivity index (χ3n) is 6.75. The van der Waals surface area contributed by atoms with Gasteiger partial charge in [0.2, 0.25) is 0 Å². The third-order valence-corrected chi connectivity index (χ3v) is 6.75. The number of carbonyl (C=O) groups is 2. The standard InChI is InChI=1S/C31H23N5O4/c1-19-12-10-11-17-22(19)24-23(18-32)26(33-27-25(24)30(39)35(3)31(40)34(27)2)36(28(37)20-13-6-4-7-14-20)29(38)21-15-8-5-9-16-21/h4-17H,1-3H3. The summed E-state index contributed by atoms with van der Waals surface area (Å²) < 4.78 is 2.11. The van der Waals surface area contributed by atoms with Gasteiger partial charge in [-0.25, -0.2) is 14.7 Å². The molecule has 9 nitrogen and oxygen atoms in total. The minimum absolute atomic E-state index is 0.0264. The van der Waals surface area contributed by atoms with Crippen molar-refractivity contribution in [3.05, 3.63) is 128 Å². The summed E-state index contributed by atoms with van der Waals surface area (Å²) >= 11 is 0. The van der Waals surface area contributed by atoms with Gasteiger partial charge in [0.05, 0.1) is 5.39 Å². The number of aromatic nitrogens is 3. The number of imide groups is 1. The van der Waals surface area contributed by atoms with Crippen LogP contribution in [-0.2, 0) is 14.1 Å². The van der Waals surface area contributed by atoms with Crippen LogP contribution >= 0.6 is 0 Å². The summed E-state index contributed by atoms with van der Waals surface area (Å²) in [6, 6.07) is 25.5. The van der Waals surface area contributed by atoms with Crippen molar-refractivity contribution in [2.75, 3.05) is 4.90 Å². The third kappa shape index (κ3) is 4.18. The van der Waals surface area contributed by atoms with Crippen LogP contribution in [0.2, 0.25) is 0 Å². The Morgan fingerprint density at radius 1 is 0.800 bits per heavy atom. The molecule has 9 heteroatoms. The van der Waals surface area contributed by atoms with Crippen LogP contribution in [-0.4, -0.2) is 25.9 Å². The summed E-state index contributed by atoms with van der Waals surface area (Å²) in [6.45, 7) is 1.82. The molecule has 2 aromatic heterocycles. The Kier molecular flexibility index (Phi) is 6.68. The molecule has 0 N–H and O–H groups in total. The van der Waals surface area contributed by atoms with E-state index in [0.29, 0.717) is 5.56 Å². The second-order valence-electron chi connectivity index (χ2n) is 9.19. The van der Waals surface area contributed by atoms with Crippen molar-refractivity contribution in [3.8, 4) is 17.2 Å². The first-order valence-electron chi connectivity index (χ1n) is 12.3.